The molecule has 1 rings (SSSR count). The maximum Gasteiger partial charge on any atom is 0.320 e. The Kier molecular flexibility index (Phi) is 14.9. The highest BCUT2D eigenvalue weighted by atomic mass is 16.5. The monoisotopic (exact) mass is 245 g/mol. The summed E-state index contributed by atoms with van der Waals surface area (Å²) in [6.45, 7) is 15.1. The molecule has 1 saturated heterocycles. The van der Waals surface area contributed by atoms with Crippen molar-refractivity contribution in [2.75, 3.05) is 26.2 Å². The van der Waals surface area contributed by atoms with Gasteiger partial charge in [0, 0.05) is 6.54 Å². The number of hydrogen-bond acceptors (Lipinski definition) is 3. The topological polar surface area (TPSA) is 29.5 Å². The minimum absolute atomic E-state index is 0.0865. The molecule has 0 spiro atoms. The molecule has 0 aliphatic carbocycles. The molecule has 3 heteroatoms. The number of ether oxygens (including phenoxy) is 1. The molecular weight excluding hydrogens is 214 g/mol. The zero-order valence-electron chi connectivity index (χ0n) is 12.6. The van der Waals surface area contributed by atoms with E-state index in [0.29, 0.717) is 13.2 Å². The van der Waals surface area contributed by atoms with Crippen molar-refractivity contribution in [2.24, 2.45) is 5.92 Å². The first kappa shape index (κ1) is 18.8. The van der Waals surface area contributed by atoms with Crippen molar-refractivity contribution in [3.8, 4) is 0 Å². The van der Waals surface area contributed by atoms with Crippen molar-refractivity contribution >= 4 is 5.97 Å². The third-order valence-corrected chi connectivity index (χ3v) is 2.40. The van der Waals surface area contributed by atoms with Crippen molar-refractivity contribution in [2.45, 2.75) is 54.4 Å². The fourth-order valence-electron chi connectivity index (χ4n) is 1.82. The number of esters is 1. The lowest BCUT2D eigenvalue weighted by atomic mass is 10.0. The van der Waals surface area contributed by atoms with E-state index in [-0.39, 0.29) is 5.97 Å². The number of likely N-dealkylation sites (tertiary alicyclic amines) is 1. The van der Waals surface area contributed by atoms with E-state index in [2.05, 4.69) is 11.8 Å². The maximum atomic E-state index is 11.2. The highest BCUT2D eigenvalue weighted by Gasteiger charge is 2.18. The molecule has 1 aliphatic rings. The first-order valence-corrected chi connectivity index (χ1v) is 7.10. The van der Waals surface area contributed by atoms with Crippen molar-refractivity contribution in [3.63, 3.8) is 0 Å². The molecule has 1 aliphatic heterocycles. The number of carbonyl (C=O) groups excluding carboxylic acids is 1. The van der Waals surface area contributed by atoms with Crippen molar-refractivity contribution in [1.29, 1.82) is 0 Å². The van der Waals surface area contributed by atoms with Crippen LogP contribution in [0.3, 0.4) is 0 Å². The summed E-state index contributed by atoms with van der Waals surface area (Å²) in [6.07, 6.45) is 2.50. The van der Waals surface area contributed by atoms with E-state index >= 15 is 0 Å². The summed E-state index contributed by atoms with van der Waals surface area (Å²) < 4.78 is 4.90. The second kappa shape index (κ2) is 13.5. The van der Waals surface area contributed by atoms with Gasteiger partial charge in [0.1, 0.15) is 0 Å². The Hall–Kier alpha value is -0.570. The van der Waals surface area contributed by atoms with E-state index in [1.165, 1.54) is 12.8 Å². The lowest BCUT2D eigenvalue weighted by Gasteiger charge is -2.29. The van der Waals surface area contributed by atoms with Crippen molar-refractivity contribution in [3.05, 3.63) is 0 Å². The molecule has 104 valence electrons. The molecule has 0 aromatic rings. The Morgan fingerprint density at radius 3 is 2.35 bits per heavy atom. The van der Waals surface area contributed by atoms with Crippen LogP contribution < -0.4 is 0 Å². The van der Waals surface area contributed by atoms with Crippen LogP contribution in [0.25, 0.3) is 0 Å². The van der Waals surface area contributed by atoms with Crippen LogP contribution in [0.15, 0.2) is 0 Å². The van der Waals surface area contributed by atoms with E-state index < -0.39 is 0 Å². The van der Waals surface area contributed by atoms with Gasteiger partial charge in [-0.3, -0.25) is 9.69 Å². The average molecular weight is 245 g/mol. The number of nitrogens with zero attached hydrogens (tertiary/aromatic N) is 1. The minimum Gasteiger partial charge on any atom is -0.465 e. The quantitative estimate of drug-likeness (QED) is 0.714. The average Bonchev–Trinajstić information content (AvgIpc) is 2.34. The predicted octanol–water partition coefficient (Wildman–Crippen LogP) is 3.33. The summed E-state index contributed by atoms with van der Waals surface area (Å²) in [6, 6.07) is 0. The van der Waals surface area contributed by atoms with Crippen molar-refractivity contribution in [1.82, 2.24) is 4.90 Å². The van der Waals surface area contributed by atoms with Gasteiger partial charge < -0.3 is 4.74 Å². The molecule has 0 amide bonds. The smallest absolute Gasteiger partial charge is 0.320 e. The Morgan fingerprint density at radius 1 is 1.29 bits per heavy atom. The zero-order chi connectivity index (χ0) is 13.7. The molecular formula is C14H31NO2. The summed E-state index contributed by atoms with van der Waals surface area (Å²) >= 11 is 0. The van der Waals surface area contributed by atoms with Gasteiger partial charge in [-0.15, -0.1) is 0 Å². The minimum atomic E-state index is -0.0865. The van der Waals surface area contributed by atoms with Crippen LogP contribution in [0.5, 0.6) is 0 Å². The van der Waals surface area contributed by atoms with E-state index in [0.717, 1.165) is 19.0 Å². The van der Waals surface area contributed by atoms with Gasteiger partial charge in [0.05, 0.1) is 13.2 Å². The first-order chi connectivity index (χ1) is 8.22. The molecule has 3 nitrogen and oxygen atoms in total. The van der Waals surface area contributed by atoms with Gasteiger partial charge in [0.25, 0.3) is 0 Å². The van der Waals surface area contributed by atoms with Gasteiger partial charge in [-0.25, -0.2) is 0 Å². The van der Waals surface area contributed by atoms with Crippen LogP contribution in [0.2, 0.25) is 0 Å². The first-order valence-electron chi connectivity index (χ1n) is 7.10. The molecule has 1 fully saturated rings. The van der Waals surface area contributed by atoms with Crippen molar-refractivity contribution < 1.29 is 9.53 Å². The Bertz CT molecular complexity index is 172. The van der Waals surface area contributed by atoms with Crippen LogP contribution >= 0.6 is 0 Å². The summed E-state index contributed by atoms with van der Waals surface area (Å²) in [5.41, 5.74) is 0. The lowest BCUT2D eigenvalue weighted by Crippen LogP contribution is -2.38. The predicted molar refractivity (Wildman–Crippen MR) is 74.2 cm³/mol. The maximum absolute atomic E-state index is 11.2. The molecule has 0 aromatic heterocycles. The van der Waals surface area contributed by atoms with Gasteiger partial charge in [0.2, 0.25) is 0 Å². The largest absolute Gasteiger partial charge is 0.465 e. The Balaban J connectivity index is 0. The SMILES string of the molecule is CC.CC.CCOC(=O)CN1CCCC(C)C1. The standard InChI is InChI=1S/C10H19NO2.2C2H6/c1-3-13-10(12)8-11-6-4-5-9(2)7-11;2*1-2/h9H,3-8H2,1-2H3;2*1-2H3. The van der Waals surface area contributed by atoms with Crippen LogP contribution in [0.1, 0.15) is 54.4 Å². The van der Waals surface area contributed by atoms with E-state index in [1.54, 1.807) is 0 Å². The van der Waals surface area contributed by atoms with Gasteiger partial charge in [-0.05, 0) is 32.2 Å². The Labute approximate surface area is 108 Å². The second-order valence-corrected chi connectivity index (χ2v) is 3.79. The summed E-state index contributed by atoms with van der Waals surface area (Å²) in [4.78, 5) is 13.3. The van der Waals surface area contributed by atoms with Gasteiger partial charge >= 0.3 is 5.97 Å². The highest BCUT2D eigenvalue weighted by Crippen LogP contribution is 2.14. The highest BCUT2D eigenvalue weighted by molar-refractivity contribution is 5.71. The third kappa shape index (κ3) is 10.3. The van der Waals surface area contributed by atoms with Gasteiger partial charge in [-0.1, -0.05) is 34.6 Å². The normalized spacial score (nSPS) is 19.3. The van der Waals surface area contributed by atoms with E-state index in [9.17, 15) is 4.79 Å². The van der Waals surface area contributed by atoms with Crippen LogP contribution in [0.4, 0.5) is 0 Å². The second-order valence-electron chi connectivity index (χ2n) is 3.79. The van der Waals surface area contributed by atoms with Gasteiger partial charge in [0.15, 0.2) is 0 Å². The number of piperidine rings is 1. The van der Waals surface area contributed by atoms with E-state index in [4.69, 9.17) is 4.74 Å². The molecule has 0 saturated carbocycles. The summed E-state index contributed by atoms with van der Waals surface area (Å²) in [7, 11) is 0. The summed E-state index contributed by atoms with van der Waals surface area (Å²) in [5.74, 6) is 0.639. The molecule has 0 bridgehead atoms. The fraction of sp³-hybridized carbons (Fsp3) is 0.929. The third-order valence-electron chi connectivity index (χ3n) is 2.40. The van der Waals surface area contributed by atoms with Gasteiger partial charge in [-0.2, -0.15) is 0 Å². The molecule has 0 radical (unpaired) electrons. The lowest BCUT2D eigenvalue weighted by molar-refractivity contribution is -0.144. The van der Waals surface area contributed by atoms with E-state index in [1.807, 2.05) is 34.6 Å². The number of hydrogen-bond donors (Lipinski definition) is 0. The molecule has 1 unspecified atom stereocenters. The molecule has 0 N–H and O–H groups in total. The molecule has 0 aromatic carbocycles. The number of carbonyl (C=O) groups is 1. The molecule has 1 heterocycles. The van der Waals surface area contributed by atoms with Crippen LogP contribution in [0, 0.1) is 5.92 Å². The molecule has 1 atom stereocenters. The van der Waals surface area contributed by atoms with Crippen LogP contribution in [-0.4, -0.2) is 37.1 Å². The van der Waals surface area contributed by atoms with Crippen LogP contribution in [-0.2, 0) is 9.53 Å². The number of rotatable bonds is 3. The zero-order valence-corrected chi connectivity index (χ0v) is 12.6. The molecule has 17 heavy (non-hydrogen) atoms. The Morgan fingerprint density at radius 2 is 1.88 bits per heavy atom. The fourth-order valence-corrected chi connectivity index (χ4v) is 1.82. The summed E-state index contributed by atoms with van der Waals surface area (Å²) in [5, 5.41) is 0.